The van der Waals surface area contributed by atoms with Crippen molar-refractivity contribution in [1.29, 1.82) is 0 Å². The highest BCUT2D eigenvalue weighted by molar-refractivity contribution is 5.79. The SMILES string of the molecule is Cc1ccnc(N2CCCC(C(=O)NCCCN3CCC(N4CCCCC4)CC3)C2)n1. The van der Waals surface area contributed by atoms with Crippen LogP contribution in [0.15, 0.2) is 12.3 Å². The second-order valence-electron chi connectivity index (χ2n) is 9.60. The Balaban J connectivity index is 1.12. The molecular weight excluding hydrogens is 388 g/mol. The van der Waals surface area contributed by atoms with Crippen molar-refractivity contribution in [2.45, 2.75) is 64.3 Å². The Bertz CT molecular complexity index is 699. The van der Waals surface area contributed by atoms with E-state index in [1.165, 1.54) is 58.3 Å². The van der Waals surface area contributed by atoms with Crippen molar-refractivity contribution in [3.8, 4) is 0 Å². The van der Waals surface area contributed by atoms with Gasteiger partial charge in [-0.2, -0.15) is 0 Å². The molecule has 0 aliphatic carbocycles. The number of carbonyl (C=O) groups is 1. The number of amides is 1. The largest absolute Gasteiger partial charge is 0.356 e. The molecule has 7 heteroatoms. The van der Waals surface area contributed by atoms with Crippen molar-refractivity contribution < 1.29 is 4.79 Å². The summed E-state index contributed by atoms with van der Waals surface area (Å²) in [5.74, 6) is 0.991. The van der Waals surface area contributed by atoms with Crippen LogP contribution in [-0.2, 0) is 4.79 Å². The summed E-state index contributed by atoms with van der Waals surface area (Å²) in [7, 11) is 0. The second kappa shape index (κ2) is 11.2. The number of rotatable bonds is 7. The predicted molar refractivity (Wildman–Crippen MR) is 124 cm³/mol. The molecule has 1 aromatic heterocycles. The van der Waals surface area contributed by atoms with Gasteiger partial charge in [0.1, 0.15) is 0 Å². The number of anilines is 1. The first-order chi connectivity index (χ1) is 15.2. The lowest BCUT2D eigenvalue weighted by Crippen LogP contribution is -2.47. The number of carbonyl (C=O) groups excluding carboxylic acids is 1. The smallest absolute Gasteiger partial charge is 0.225 e. The molecule has 1 amide bonds. The number of hydrogen-bond acceptors (Lipinski definition) is 6. The fourth-order valence-electron chi connectivity index (χ4n) is 5.41. The van der Waals surface area contributed by atoms with Crippen LogP contribution < -0.4 is 10.2 Å². The van der Waals surface area contributed by atoms with Crippen molar-refractivity contribution >= 4 is 11.9 Å². The summed E-state index contributed by atoms with van der Waals surface area (Å²) in [6, 6.07) is 2.72. The molecule has 1 unspecified atom stereocenters. The molecule has 0 saturated carbocycles. The lowest BCUT2D eigenvalue weighted by atomic mass is 9.97. The van der Waals surface area contributed by atoms with Gasteiger partial charge in [0.05, 0.1) is 5.92 Å². The Morgan fingerprint density at radius 2 is 1.87 bits per heavy atom. The highest BCUT2D eigenvalue weighted by Gasteiger charge is 2.27. The zero-order chi connectivity index (χ0) is 21.5. The molecule has 1 aromatic rings. The summed E-state index contributed by atoms with van der Waals surface area (Å²) in [5, 5.41) is 3.19. The quantitative estimate of drug-likeness (QED) is 0.673. The number of aromatic nitrogens is 2. The molecule has 4 heterocycles. The van der Waals surface area contributed by atoms with E-state index in [2.05, 4.69) is 30.0 Å². The summed E-state index contributed by atoms with van der Waals surface area (Å²) in [5.41, 5.74) is 0.969. The van der Waals surface area contributed by atoms with E-state index in [0.717, 1.165) is 63.1 Å². The van der Waals surface area contributed by atoms with Crippen molar-refractivity contribution in [3.63, 3.8) is 0 Å². The van der Waals surface area contributed by atoms with Gasteiger partial charge in [-0.3, -0.25) is 4.79 Å². The van der Waals surface area contributed by atoms with E-state index in [4.69, 9.17) is 0 Å². The normalized spacial score (nSPS) is 24.3. The Morgan fingerprint density at radius 3 is 2.65 bits per heavy atom. The maximum absolute atomic E-state index is 12.7. The van der Waals surface area contributed by atoms with Crippen LogP contribution in [0.4, 0.5) is 5.95 Å². The Morgan fingerprint density at radius 1 is 1.06 bits per heavy atom. The molecule has 172 valence electrons. The highest BCUT2D eigenvalue weighted by atomic mass is 16.1. The molecule has 0 radical (unpaired) electrons. The van der Waals surface area contributed by atoms with Crippen molar-refractivity contribution in [3.05, 3.63) is 18.0 Å². The van der Waals surface area contributed by atoms with Crippen LogP contribution in [0, 0.1) is 12.8 Å². The number of likely N-dealkylation sites (tertiary alicyclic amines) is 2. The maximum Gasteiger partial charge on any atom is 0.225 e. The van der Waals surface area contributed by atoms with Crippen LogP contribution in [0.2, 0.25) is 0 Å². The Labute approximate surface area is 187 Å². The minimum absolute atomic E-state index is 0.0400. The van der Waals surface area contributed by atoms with Crippen molar-refractivity contribution in [2.75, 3.05) is 57.3 Å². The van der Waals surface area contributed by atoms with Crippen LogP contribution in [0.5, 0.6) is 0 Å². The molecule has 4 rings (SSSR count). The van der Waals surface area contributed by atoms with Gasteiger partial charge in [0.2, 0.25) is 11.9 Å². The first-order valence-electron chi connectivity index (χ1n) is 12.5. The van der Waals surface area contributed by atoms with E-state index < -0.39 is 0 Å². The van der Waals surface area contributed by atoms with Crippen LogP contribution in [0.3, 0.4) is 0 Å². The molecule has 3 aliphatic rings. The van der Waals surface area contributed by atoms with Crippen LogP contribution in [-0.4, -0.2) is 84.1 Å². The van der Waals surface area contributed by atoms with Gasteiger partial charge < -0.3 is 20.0 Å². The Hall–Kier alpha value is -1.73. The molecule has 0 bridgehead atoms. The third kappa shape index (κ3) is 6.39. The molecule has 7 nitrogen and oxygen atoms in total. The van der Waals surface area contributed by atoms with Crippen LogP contribution in [0.1, 0.15) is 57.1 Å². The predicted octanol–water partition coefficient (Wildman–Crippen LogP) is 2.46. The van der Waals surface area contributed by atoms with Crippen LogP contribution in [0.25, 0.3) is 0 Å². The van der Waals surface area contributed by atoms with Crippen molar-refractivity contribution in [1.82, 2.24) is 25.1 Å². The summed E-state index contributed by atoms with van der Waals surface area (Å²) in [6.07, 6.45) is 11.6. The standard InChI is InChI=1S/C24H40N6O/c1-20-8-12-26-24(27-20)30-16-5-7-21(19-30)23(31)25-11-6-13-28-17-9-22(10-18-28)29-14-3-2-4-15-29/h8,12,21-22H,2-7,9-11,13-19H2,1H3,(H,25,31). The fourth-order valence-corrected chi connectivity index (χ4v) is 5.41. The molecule has 3 aliphatic heterocycles. The lowest BCUT2D eigenvalue weighted by molar-refractivity contribution is -0.125. The maximum atomic E-state index is 12.7. The van der Waals surface area contributed by atoms with E-state index >= 15 is 0 Å². The van der Waals surface area contributed by atoms with Crippen molar-refractivity contribution in [2.24, 2.45) is 5.92 Å². The summed E-state index contributed by atoms with van der Waals surface area (Å²) >= 11 is 0. The average molecular weight is 429 g/mol. The van der Waals surface area contributed by atoms with E-state index in [1.807, 2.05) is 13.0 Å². The van der Waals surface area contributed by atoms with Crippen LogP contribution >= 0.6 is 0 Å². The number of nitrogens with zero attached hydrogens (tertiary/aromatic N) is 5. The molecule has 0 spiro atoms. The minimum atomic E-state index is 0.0400. The molecule has 31 heavy (non-hydrogen) atoms. The number of hydrogen-bond donors (Lipinski definition) is 1. The molecule has 3 fully saturated rings. The molecule has 0 aromatic carbocycles. The van der Waals surface area contributed by atoms with Gasteiger partial charge in [-0.1, -0.05) is 6.42 Å². The zero-order valence-corrected chi connectivity index (χ0v) is 19.3. The first kappa shape index (κ1) is 22.5. The van der Waals surface area contributed by atoms with Gasteiger partial charge in [0.25, 0.3) is 0 Å². The van der Waals surface area contributed by atoms with E-state index in [-0.39, 0.29) is 11.8 Å². The second-order valence-corrected chi connectivity index (χ2v) is 9.60. The summed E-state index contributed by atoms with van der Waals surface area (Å²) in [6.45, 7) is 10.6. The van der Waals surface area contributed by atoms with Gasteiger partial charge in [-0.15, -0.1) is 0 Å². The third-order valence-corrected chi connectivity index (χ3v) is 7.27. The lowest BCUT2D eigenvalue weighted by Gasteiger charge is -2.40. The molecule has 1 atom stereocenters. The van der Waals surface area contributed by atoms with Gasteiger partial charge in [0, 0.05) is 37.6 Å². The number of nitrogens with one attached hydrogen (secondary N) is 1. The summed E-state index contributed by atoms with van der Waals surface area (Å²) < 4.78 is 0. The van der Waals surface area contributed by atoms with Gasteiger partial charge >= 0.3 is 0 Å². The van der Waals surface area contributed by atoms with Gasteiger partial charge in [-0.25, -0.2) is 9.97 Å². The third-order valence-electron chi connectivity index (χ3n) is 7.27. The zero-order valence-electron chi connectivity index (χ0n) is 19.3. The van der Waals surface area contributed by atoms with Gasteiger partial charge in [0.15, 0.2) is 0 Å². The monoisotopic (exact) mass is 428 g/mol. The van der Waals surface area contributed by atoms with E-state index in [9.17, 15) is 4.79 Å². The minimum Gasteiger partial charge on any atom is -0.356 e. The van der Waals surface area contributed by atoms with Gasteiger partial charge in [-0.05, 0) is 90.7 Å². The van der Waals surface area contributed by atoms with E-state index in [0.29, 0.717) is 0 Å². The topological polar surface area (TPSA) is 64.6 Å². The Kier molecular flexibility index (Phi) is 8.14. The highest BCUT2D eigenvalue weighted by Crippen LogP contribution is 2.22. The average Bonchev–Trinajstić information content (AvgIpc) is 2.83. The summed E-state index contributed by atoms with van der Waals surface area (Å²) in [4.78, 5) is 29.1. The van der Waals surface area contributed by atoms with E-state index in [1.54, 1.807) is 6.20 Å². The fraction of sp³-hybridized carbons (Fsp3) is 0.792. The first-order valence-corrected chi connectivity index (χ1v) is 12.5. The molecule has 3 saturated heterocycles. The molecule has 1 N–H and O–H groups in total. The number of aryl methyl sites for hydroxylation is 1. The molecular formula is C24H40N6O. The number of piperidine rings is 3.